The number of nitrogen functional groups attached to an aromatic ring is 1. The highest BCUT2D eigenvalue weighted by atomic mass is 19.3. The van der Waals surface area contributed by atoms with Crippen LogP contribution in [0.15, 0.2) is 28.7 Å². The number of aromatic nitrogens is 2. The third-order valence-electron chi connectivity index (χ3n) is 13.6. The van der Waals surface area contributed by atoms with Crippen LogP contribution in [-0.4, -0.2) is 58.7 Å². The van der Waals surface area contributed by atoms with Crippen molar-refractivity contribution < 1.29 is 28.1 Å². The number of ether oxygens (including phenoxy) is 3. The van der Waals surface area contributed by atoms with Gasteiger partial charge >= 0.3 is 11.6 Å². The van der Waals surface area contributed by atoms with Crippen LogP contribution >= 0.6 is 0 Å². The Labute approximate surface area is 285 Å². The van der Waals surface area contributed by atoms with Crippen LogP contribution in [0.5, 0.6) is 0 Å². The van der Waals surface area contributed by atoms with Crippen LogP contribution in [0.25, 0.3) is 0 Å². The SMILES string of the molecule is CC(C)CCCC(C)C1CCC2C3CC=C4CC(OCCOCC5OC(n6ccc(N)nc6=O)C(F)(F)C5O)CCC4(C)C3CCC12C. The Balaban J connectivity index is 0.978. The van der Waals surface area contributed by atoms with Crippen LogP contribution in [0.4, 0.5) is 14.6 Å². The van der Waals surface area contributed by atoms with Gasteiger partial charge in [0.05, 0.1) is 25.9 Å². The minimum Gasteiger partial charge on any atom is -0.384 e. The van der Waals surface area contributed by atoms with E-state index in [0.717, 1.165) is 61.0 Å². The fourth-order valence-corrected chi connectivity index (χ4v) is 11.0. The van der Waals surface area contributed by atoms with E-state index in [9.17, 15) is 18.7 Å². The second-order valence-electron chi connectivity index (χ2n) is 16.8. The second kappa shape index (κ2) is 14.0. The van der Waals surface area contributed by atoms with Crippen molar-refractivity contribution in [2.45, 2.75) is 136 Å². The van der Waals surface area contributed by atoms with Gasteiger partial charge in [-0.05, 0) is 104 Å². The normalized spacial score (nSPS) is 39.5. The quantitative estimate of drug-likeness (QED) is 0.179. The third kappa shape index (κ3) is 6.64. The first kappa shape index (κ1) is 35.9. The van der Waals surface area contributed by atoms with E-state index >= 15 is 0 Å². The summed E-state index contributed by atoms with van der Waals surface area (Å²) in [5.74, 6) is 1.11. The molecule has 6 rings (SSSR count). The topological polar surface area (TPSA) is 109 Å². The number of anilines is 1. The first-order valence-electron chi connectivity index (χ1n) is 18.7. The number of rotatable bonds is 12. The molecule has 1 saturated heterocycles. The monoisotopic (exact) mass is 675 g/mol. The van der Waals surface area contributed by atoms with Crippen molar-refractivity contribution in [3.63, 3.8) is 0 Å². The molecule has 11 atom stereocenters. The van der Waals surface area contributed by atoms with Crippen LogP contribution in [0.1, 0.15) is 111 Å². The van der Waals surface area contributed by atoms with Gasteiger partial charge in [-0.15, -0.1) is 0 Å². The summed E-state index contributed by atoms with van der Waals surface area (Å²) < 4.78 is 47.6. The van der Waals surface area contributed by atoms with Crippen molar-refractivity contribution in [3.05, 3.63) is 34.4 Å². The predicted octanol–water partition coefficient (Wildman–Crippen LogP) is 7.16. The van der Waals surface area contributed by atoms with Crippen molar-refractivity contribution in [2.24, 2.45) is 46.3 Å². The van der Waals surface area contributed by atoms with Gasteiger partial charge in [-0.1, -0.05) is 65.5 Å². The van der Waals surface area contributed by atoms with Gasteiger partial charge in [-0.2, -0.15) is 13.8 Å². The molecule has 11 unspecified atom stereocenters. The first-order chi connectivity index (χ1) is 22.8. The number of halogens is 2. The fourth-order valence-electron chi connectivity index (χ4n) is 11.0. The van der Waals surface area contributed by atoms with E-state index < -0.39 is 30.0 Å². The van der Waals surface area contributed by atoms with E-state index in [4.69, 9.17) is 19.9 Å². The highest BCUT2D eigenvalue weighted by molar-refractivity contribution is 5.26. The molecule has 48 heavy (non-hydrogen) atoms. The molecule has 1 aliphatic heterocycles. The number of hydrogen-bond acceptors (Lipinski definition) is 7. The van der Waals surface area contributed by atoms with Gasteiger partial charge in [0.2, 0.25) is 6.23 Å². The molecule has 3 N–H and O–H groups in total. The van der Waals surface area contributed by atoms with Crippen LogP contribution in [0, 0.1) is 46.3 Å². The Morgan fingerprint density at radius 3 is 2.65 bits per heavy atom. The highest BCUT2D eigenvalue weighted by Gasteiger charge is 2.60. The number of aliphatic hydroxyl groups is 1. The van der Waals surface area contributed by atoms with Gasteiger partial charge in [0.25, 0.3) is 0 Å². The van der Waals surface area contributed by atoms with E-state index in [1.807, 2.05) is 0 Å². The number of aliphatic hydroxyl groups excluding tert-OH is 1. The van der Waals surface area contributed by atoms with Crippen molar-refractivity contribution in [3.8, 4) is 0 Å². The molecule has 0 radical (unpaired) electrons. The molecule has 10 heteroatoms. The third-order valence-corrected chi connectivity index (χ3v) is 13.6. The van der Waals surface area contributed by atoms with E-state index in [-0.39, 0.29) is 30.6 Å². The summed E-state index contributed by atoms with van der Waals surface area (Å²) in [6.45, 7) is 12.7. The fraction of sp³-hybridized carbons (Fsp3) is 0.842. The largest absolute Gasteiger partial charge is 0.384 e. The maximum Gasteiger partial charge on any atom is 0.351 e. The Bertz CT molecular complexity index is 1370. The van der Waals surface area contributed by atoms with E-state index in [0.29, 0.717) is 16.6 Å². The molecule has 0 amide bonds. The zero-order valence-corrected chi connectivity index (χ0v) is 29.7. The lowest BCUT2D eigenvalue weighted by Gasteiger charge is -2.58. The smallest absolute Gasteiger partial charge is 0.351 e. The molecular weight excluding hydrogens is 616 g/mol. The molecule has 270 valence electrons. The van der Waals surface area contributed by atoms with Crippen LogP contribution in [0.3, 0.4) is 0 Å². The number of nitrogens with two attached hydrogens (primary N) is 1. The summed E-state index contributed by atoms with van der Waals surface area (Å²) in [4.78, 5) is 15.6. The Hall–Kier alpha value is -1.88. The lowest BCUT2D eigenvalue weighted by atomic mass is 9.47. The van der Waals surface area contributed by atoms with Crippen molar-refractivity contribution in [2.75, 3.05) is 25.6 Å². The molecule has 0 bridgehead atoms. The summed E-state index contributed by atoms with van der Waals surface area (Å²) in [6.07, 6.45) is 12.3. The van der Waals surface area contributed by atoms with Gasteiger partial charge in [-0.25, -0.2) is 4.79 Å². The molecule has 8 nitrogen and oxygen atoms in total. The van der Waals surface area contributed by atoms with Gasteiger partial charge in [0.15, 0.2) is 6.10 Å². The van der Waals surface area contributed by atoms with Crippen LogP contribution < -0.4 is 11.4 Å². The van der Waals surface area contributed by atoms with E-state index in [2.05, 4.69) is 45.7 Å². The van der Waals surface area contributed by atoms with Crippen molar-refractivity contribution in [1.29, 1.82) is 0 Å². The van der Waals surface area contributed by atoms with Gasteiger partial charge < -0.3 is 25.1 Å². The first-order valence-corrected chi connectivity index (χ1v) is 18.7. The average Bonchev–Trinajstić information content (AvgIpc) is 3.49. The summed E-state index contributed by atoms with van der Waals surface area (Å²) in [6, 6.07) is 1.23. The molecular formula is C38H59F2N3O5. The maximum atomic E-state index is 14.8. The molecule has 3 saturated carbocycles. The van der Waals surface area contributed by atoms with Gasteiger partial charge in [0.1, 0.15) is 11.9 Å². The highest BCUT2D eigenvalue weighted by Crippen LogP contribution is 2.67. The molecule has 4 fully saturated rings. The molecule has 0 aromatic carbocycles. The number of fused-ring (bicyclic) bond motifs is 5. The zero-order valence-electron chi connectivity index (χ0n) is 29.7. The molecule has 0 spiro atoms. The Morgan fingerprint density at radius 1 is 1.10 bits per heavy atom. The molecule has 1 aromatic heterocycles. The number of nitrogens with zero attached hydrogens (tertiary/aromatic N) is 2. The lowest BCUT2D eigenvalue weighted by molar-refractivity contribution is -0.141. The molecule has 2 heterocycles. The standard InChI is InChI=1S/C38H59F2N3O5/c1-23(2)7-6-8-24(3)28-11-12-29-27-10-9-25-21-26(13-16-36(25,4)30(27)14-17-37(28,29)5)47-20-19-46-22-31-33(44)38(39,40)34(48-31)43-18-15-32(41)42-35(43)45/h9,15,18,23-24,26-31,33-34,44H,6-8,10-14,16-17,19-22H2,1-5H3,(H2,41,42,45). The zero-order chi connectivity index (χ0) is 34.4. The average molecular weight is 676 g/mol. The Morgan fingerprint density at radius 2 is 1.90 bits per heavy atom. The van der Waals surface area contributed by atoms with E-state index in [1.165, 1.54) is 57.4 Å². The molecule has 4 aliphatic carbocycles. The summed E-state index contributed by atoms with van der Waals surface area (Å²) >= 11 is 0. The lowest BCUT2D eigenvalue weighted by Crippen LogP contribution is -2.51. The van der Waals surface area contributed by atoms with Crippen LogP contribution in [-0.2, 0) is 14.2 Å². The van der Waals surface area contributed by atoms with Gasteiger partial charge in [0, 0.05) is 6.20 Å². The predicted molar refractivity (Wildman–Crippen MR) is 181 cm³/mol. The minimum absolute atomic E-state index is 0.0823. The van der Waals surface area contributed by atoms with Crippen LogP contribution in [0.2, 0.25) is 0 Å². The number of allylic oxidation sites excluding steroid dienone is 1. The number of alkyl halides is 2. The second-order valence-corrected chi connectivity index (χ2v) is 16.8. The van der Waals surface area contributed by atoms with E-state index in [1.54, 1.807) is 5.57 Å². The summed E-state index contributed by atoms with van der Waals surface area (Å²) in [5.41, 5.74) is 6.82. The van der Waals surface area contributed by atoms with Gasteiger partial charge in [-0.3, -0.25) is 4.57 Å². The maximum absolute atomic E-state index is 14.8. The Kier molecular flexibility index (Phi) is 10.5. The van der Waals surface area contributed by atoms with Crippen molar-refractivity contribution in [1.82, 2.24) is 9.55 Å². The van der Waals surface area contributed by atoms with Crippen molar-refractivity contribution >= 4 is 5.82 Å². The number of hydrogen-bond donors (Lipinski definition) is 2. The molecule has 5 aliphatic rings. The summed E-state index contributed by atoms with van der Waals surface area (Å²) in [7, 11) is 0. The molecule has 1 aromatic rings. The summed E-state index contributed by atoms with van der Waals surface area (Å²) in [5, 5.41) is 10.3. The minimum atomic E-state index is -3.70.